The van der Waals surface area contributed by atoms with Gasteiger partial charge in [-0.15, -0.1) is 11.3 Å². The summed E-state index contributed by atoms with van der Waals surface area (Å²) in [6.07, 6.45) is 2.80. The van der Waals surface area contributed by atoms with Crippen molar-refractivity contribution in [3.8, 4) is 0 Å². The number of ether oxygens (including phenoxy) is 1. The van der Waals surface area contributed by atoms with Gasteiger partial charge in [0.25, 0.3) is 0 Å². The number of aryl methyl sites for hydroxylation is 1. The molecule has 1 aliphatic rings. The van der Waals surface area contributed by atoms with Crippen LogP contribution in [-0.2, 0) is 11.2 Å². The normalized spacial score (nSPS) is 20.9. The molecular formula is C11H15NO3S. The molecule has 5 heteroatoms. The van der Waals surface area contributed by atoms with Gasteiger partial charge in [-0.25, -0.2) is 9.78 Å². The van der Waals surface area contributed by atoms with E-state index in [2.05, 4.69) is 4.98 Å². The van der Waals surface area contributed by atoms with Gasteiger partial charge in [0.05, 0.1) is 11.6 Å². The van der Waals surface area contributed by atoms with Gasteiger partial charge in [-0.2, -0.15) is 0 Å². The topological polar surface area (TPSA) is 59.4 Å². The van der Waals surface area contributed by atoms with E-state index in [1.165, 1.54) is 11.3 Å². The van der Waals surface area contributed by atoms with E-state index in [1.807, 2.05) is 6.92 Å². The first-order valence-corrected chi connectivity index (χ1v) is 6.34. The van der Waals surface area contributed by atoms with Crippen molar-refractivity contribution in [2.24, 2.45) is 0 Å². The molecule has 1 atom stereocenters. The second-order valence-electron chi connectivity index (χ2n) is 3.89. The highest BCUT2D eigenvalue weighted by atomic mass is 32.1. The summed E-state index contributed by atoms with van der Waals surface area (Å²) in [5.74, 6) is -0.700. The highest BCUT2D eigenvalue weighted by Crippen LogP contribution is 2.33. The minimum absolute atomic E-state index is 0.220. The molecule has 0 radical (unpaired) electrons. The fourth-order valence-corrected chi connectivity index (χ4v) is 3.02. The lowest BCUT2D eigenvalue weighted by Gasteiger charge is -2.20. The number of aromatic carboxylic acids is 1. The summed E-state index contributed by atoms with van der Waals surface area (Å²) < 4.78 is 5.40. The lowest BCUT2D eigenvalue weighted by atomic mass is 9.99. The van der Waals surface area contributed by atoms with Crippen LogP contribution in [0.5, 0.6) is 0 Å². The summed E-state index contributed by atoms with van der Waals surface area (Å²) >= 11 is 1.52. The van der Waals surface area contributed by atoms with Crippen LogP contribution in [0.3, 0.4) is 0 Å². The molecule has 1 unspecified atom stereocenters. The number of nitrogens with zero attached hydrogens (tertiary/aromatic N) is 1. The number of thiazole rings is 1. The Bertz CT molecular complexity index is 383. The monoisotopic (exact) mass is 241 g/mol. The zero-order valence-corrected chi connectivity index (χ0v) is 10.0. The maximum atomic E-state index is 11.1. The lowest BCUT2D eigenvalue weighted by Crippen LogP contribution is -2.16. The summed E-state index contributed by atoms with van der Waals surface area (Å²) in [6.45, 7) is 3.41. The Kier molecular flexibility index (Phi) is 3.56. The summed E-state index contributed by atoms with van der Waals surface area (Å²) in [5.41, 5.74) is 0.234. The first kappa shape index (κ1) is 11.5. The highest BCUT2D eigenvalue weighted by Gasteiger charge is 2.25. The molecule has 1 aromatic heterocycles. The third kappa shape index (κ3) is 2.25. The quantitative estimate of drug-likeness (QED) is 0.882. The number of aromatic nitrogens is 1. The second-order valence-corrected chi connectivity index (χ2v) is 5.01. The molecular weight excluding hydrogens is 226 g/mol. The van der Waals surface area contributed by atoms with Crippen LogP contribution in [0.25, 0.3) is 0 Å². The smallest absolute Gasteiger partial charge is 0.355 e. The molecule has 2 rings (SSSR count). The predicted octanol–water partition coefficient (Wildman–Crippen LogP) is 2.30. The van der Waals surface area contributed by atoms with Crippen LogP contribution in [0, 0.1) is 0 Å². The molecule has 0 amide bonds. The van der Waals surface area contributed by atoms with E-state index in [-0.39, 0.29) is 11.6 Å². The summed E-state index contributed by atoms with van der Waals surface area (Å²) in [4.78, 5) is 16.2. The minimum Gasteiger partial charge on any atom is -0.476 e. The largest absolute Gasteiger partial charge is 0.476 e. The fourth-order valence-electron chi connectivity index (χ4n) is 1.91. The molecule has 1 N–H and O–H groups in total. The van der Waals surface area contributed by atoms with Crippen molar-refractivity contribution in [1.82, 2.24) is 4.98 Å². The standard InChI is InChI=1S/C11H15NO3S/c1-2-8-12-9(11(13)14)10(16-8)7-4-3-5-15-6-7/h7H,2-6H2,1H3,(H,13,14). The van der Waals surface area contributed by atoms with Gasteiger partial charge >= 0.3 is 5.97 Å². The molecule has 88 valence electrons. The zero-order chi connectivity index (χ0) is 11.5. The Morgan fingerprint density at radius 2 is 2.50 bits per heavy atom. The summed E-state index contributed by atoms with van der Waals surface area (Å²) in [6, 6.07) is 0. The summed E-state index contributed by atoms with van der Waals surface area (Å²) in [5, 5.41) is 10.0. The number of hydrogen-bond donors (Lipinski definition) is 1. The van der Waals surface area contributed by atoms with E-state index in [0.29, 0.717) is 6.61 Å². The number of carbonyl (C=O) groups is 1. The van der Waals surface area contributed by atoms with E-state index in [9.17, 15) is 4.79 Å². The molecule has 4 nitrogen and oxygen atoms in total. The Labute approximate surface area is 98.3 Å². The minimum atomic E-state index is -0.920. The van der Waals surface area contributed by atoms with Gasteiger partial charge in [-0.1, -0.05) is 6.92 Å². The molecule has 1 aliphatic heterocycles. The van der Waals surface area contributed by atoms with Gasteiger partial charge in [0.15, 0.2) is 5.69 Å². The molecule has 0 spiro atoms. The molecule has 0 saturated carbocycles. The maximum Gasteiger partial charge on any atom is 0.355 e. The molecule has 0 aliphatic carbocycles. The first-order valence-electron chi connectivity index (χ1n) is 5.53. The van der Waals surface area contributed by atoms with Crippen LogP contribution in [0.15, 0.2) is 0 Å². The van der Waals surface area contributed by atoms with Crippen LogP contribution in [-0.4, -0.2) is 29.3 Å². The molecule has 16 heavy (non-hydrogen) atoms. The highest BCUT2D eigenvalue weighted by molar-refractivity contribution is 7.12. The molecule has 0 aromatic carbocycles. The third-order valence-corrected chi connectivity index (χ3v) is 4.10. The zero-order valence-electron chi connectivity index (χ0n) is 9.23. The number of carboxylic acid groups (broad SMARTS) is 1. The van der Waals surface area contributed by atoms with Gasteiger partial charge in [-0.3, -0.25) is 0 Å². The Morgan fingerprint density at radius 3 is 3.06 bits per heavy atom. The number of hydrogen-bond acceptors (Lipinski definition) is 4. The SMILES string of the molecule is CCc1nc(C(=O)O)c(C2CCCOC2)s1. The van der Waals surface area contributed by atoms with E-state index in [4.69, 9.17) is 9.84 Å². The van der Waals surface area contributed by atoms with E-state index in [1.54, 1.807) is 0 Å². The third-order valence-electron chi connectivity index (χ3n) is 2.73. The molecule has 1 saturated heterocycles. The van der Waals surface area contributed by atoms with Crippen LogP contribution in [0.4, 0.5) is 0 Å². The number of carboxylic acids is 1. The van der Waals surface area contributed by atoms with E-state index in [0.717, 1.165) is 35.8 Å². The van der Waals surface area contributed by atoms with E-state index >= 15 is 0 Å². The van der Waals surface area contributed by atoms with E-state index < -0.39 is 5.97 Å². The maximum absolute atomic E-state index is 11.1. The average Bonchev–Trinajstić information content (AvgIpc) is 2.74. The van der Waals surface area contributed by atoms with Crippen molar-refractivity contribution >= 4 is 17.3 Å². The van der Waals surface area contributed by atoms with Crippen LogP contribution < -0.4 is 0 Å². The first-order chi connectivity index (χ1) is 7.72. The number of rotatable bonds is 3. The second kappa shape index (κ2) is 4.93. The molecule has 1 fully saturated rings. The van der Waals surface area contributed by atoms with Crippen molar-refractivity contribution in [3.63, 3.8) is 0 Å². The summed E-state index contributed by atoms with van der Waals surface area (Å²) in [7, 11) is 0. The van der Waals surface area contributed by atoms with Crippen LogP contribution >= 0.6 is 11.3 Å². The average molecular weight is 241 g/mol. The Hall–Kier alpha value is -0.940. The van der Waals surface area contributed by atoms with Crippen molar-refractivity contribution < 1.29 is 14.6 Å². The van der Waals surface area contributed by atoms with Crippen molar-refractivity contribution in [3.05, 3.63) is 15.6 Å². The van der Waals surface area contributed by atoms with Crippen molar-refractivity contribution in [1.29, 1.82) is 0 Å². The Morgan fingerprint density at radius 1 is 1.69 bits per heavy atom. The van der Waals surface area contributed by atoms with Crippen molar-refractivity contribution in [2.75, 3.05) is 13.2 Å². The molecule has 0 bridgehead atoms. The molecule has 2 heterocycles. The van der Waals surface area contributed by atoms with Gasteiger partial charge in [0.2, 0.25) is 0 Å². The van der Waals surface area contributed by atoms with Gasteiger partial charge in [0, 0.05) is 17.4 Å². The van der Waals surface area contributed by atoms with Crippen molar-refractivity contribution in [2.45, 2.75) is 32.1 Å². The Balaban J connectivity index is 2.29. The van der Waals surface area contributed by atoms with Crippen LogP contribution in [0.1, 0.15) is 46.1 Å². The van der Waals surface area contributed by atoms with Crippen LogP contribution in [0.2, 0.25) is 0 Å². The van der Waals surface area contributed by atoms with Gasteiger partial charge in [-0.05, 0) is 19.3 Å². The van der Waals surface area contributed by atoms with Gasteiger partial charge < -0.3 is 9.84 Å². The lowest BCUT2D eigenvalue weighted by molar-refractivity contribution is 0.0676. The predicted molar refractivity (Wildman–Crippen MR) is 61.2 cm³/mol. The molecule has 1 aromatic rings. The van der Waals surface area contributed by atoms with Gasteiger partial charge in [0.1, 0.15) is 0 Å². The fraction of sp³-hybridized carbons (Fsp3) is 0.636.